The van der Waals surface area contributed by atoms with Gasteiger partial charge in [-0.2, -0.15) is 13.2 Å². The van der Waals surface area contributed by atoms with Crippen molar-refractivity contribution in [1.82, 2.24) is 0 Å². The number of anilines is 1. The van der Waals surface area contributed by atoms with Crippen molar-refractivity contribution in [3.8, 4) is 0 Å². The summed E-state index contributed by atoms with van der Waals surface area (Å²) in [5.41, 5.74) is 0.524. The van der Waals surface area contributed by atoms with Crippen LogP contribution in [0.3, 0.4) is 0 Å². The highest BCUT2D eigenvalue weighted by molar-refractivity contribution is 6.33. The van der Waals surface area contributed by atoms with Gasteiger partial charge in [0.05, 0.1) is 17.1 Å². The lowest BCUT2D eigenvalue weighted by atomic mass is 10.2. The average Bonchev–Trinajstić information content (AvgIpc) is 2.05. The van der Waals surface area contributed by atoms with Crippen LogP contribution in [0.2, 0.25) is 5.02 Å². The van der Waals surface area contributed by atoms with Crippen LogP contribution in [0.5, 0.6) is 0 Å². The summed E-state index contributed by atoms with van der Waals surface area (Å²) in [6, 6.07) is 6.03. The SMILES string of the molecule is CC(CC(F)(F)F)Nc1ccccc1Cl. The number of hydrogen-bond acceptors (Lipinski definition) is 1. The minimum atomic E-state index is -4.16. The van der Waals surface area contributed by atoms with Gasteiger partial charge in [-0.15, -0.1) is 0 Å². The largest absolute Gasteiger partial charge is 0.391 e. The Kier molecular flexibility index (Phi) is 3.85. The normalized spacial score (nSPS) is 13.7. The zero-order valence-corrected chi connectivity index (χ0v) is 8.86. The summed E-state index contributed by atoms with van der Waals surface area (Å²) in [6.07, 6.45) is -5.04. The minimum Gasteiger partial charge on any atom is -0.381 e. The van der Waals surface area contributed by atoms with Crippen molar-refractivity contribution >= 4 is 17.3 Å². The fourth-order valence-corrected chi connectivity index (χ4v) is 1.43. The highest BCUT2D eigenvalue weighted by Crippen LogP contribution is 2.26. The highest BCUT2D eigenvalue weighted by Gasteiger charge is 2.29. The van der Waals surface area contributed by atoms with Gasteiger partial charge in [0, 0.05) is 6.04 Å². The van der Waals surface area contributed by atoms with E-state index in [-0.39, 0.29) is 0 Å². The first kappa shape index (κ1) is 12.2. The van der Waals surface area contributed by atoms with E-state index in [0.717, 1.165) is 0 Å². The first-order valence-corrected chi connectivity index (χ1v) is 4.84. The van der Waals surface area contributed by atoms with Crippen molar-refractivity contribution in [2.75, 3.05) is 5.32 Å². The molecule has 0 heterocycles. The summed E-state index contributed by atoms with van der Waals surface area (Å²) in [4.78, 5) is 0. The molecule has 0 bridgehead atoms. The van der Waals surface area contributed by atoms with Gasteiger partial charge in [-0.05, 0) is 19.1 Å². The maximum atomic E-state index is 12.0. The predicted molar refractivity (Wildman–Crippen MR) is 55.2 cm³/mol. The molecule has 0 aliphatic rings. The summed E-state index contributed by atoms with van der Waals surface area (Å²) in [5.74, 6) is 0. The monoisotopic (exact) mass is 237 g/mol. The first-order chi connectivity index (χ1) is 6.88. The molecule has 0 fully saturated rings. The van der Waals surface area contributed by atoms with E-state index in [4.69, 9.17) is 11.6 Å². The molecule has 0 saturated carbocycles. The number of para-hydroxylation sites is 1. The third-order valence-electron chi connectivity index (χ3n) is 1.81. The molecule has 0 saturated heterocycles. The van der Waals surface area contributed by atoms with Crippen molar-refractivity contribution < 1.29 is 13.2 Å². The Morgan fingerprint density at radius 1 is 1.33 bits per heavy atom. The molecule has 1 nitrogen and oxygen atoms in total. The highest BCUT2D eigenvalue weighted by atomic mass is 35.5. The lowest BCUT2D eigenvalue weighted by Gasteiger charge is -2.17. The second kappa shape index (κ2) is 4.75. The molecule has 15 heavy (non-hydrogen) atoms. The van der Waals surface area contributed by atoms with Gasteiger partial charge >= 0.3 is 6.18 Å². The van der Waals surface area contributed by atoms with Crippen molar-refractivity contribution in [1.29, 1.82) is 0 Å². The van der Waals surface area contributed by atoms with Crippen molar-refractivity contribution in [2.45, 2.75) is 25.6 Å². The van der Waals surface area contributed by atoms with Crippen LogP contribution in [0.25, 0.3) is 0 Å². The summed E-state index contributed by atoms with van der Waals surface area (Å²) in [7, 11) is 0. The first-order valence-electron chi connectivity index (χ1n) is 4.46. The summed E-state index contributed by atoms with van der Waals surface area (Å²) < 4.78 is 36.1. The van der Waals surface area contributed by atoms with Gasteiger partial charge in [-0.1, -0.05) is 23.7 Å². The van der Waals surface area contributed by atoms with E-state index in [1.54, 1.807) is 24.3 Å². The molecular formula is C10H11ClF3N. The summed E-state index contributed by atoms with van der Waals surface area (Å²) >= 11 is 5.80. The lowest BCUT2D eigenvalue weighted by molar-refractivity contribution is -0.136. The topological polar surface area (TPSA) is 12.0 Å². The van der Waals surface area contributed by atoms with E-state index in [0.29, 0.717) is 10.7 Å². The fourth-order valence-electron chi connectivity index (χ4n) is 1.24. The van der Waals surface area contributed by atoms with Crippen molar-refractivity contribution in [3.63, 3.8) is 0 Å². The van der Waals surface area contributed by atoms with E-state index in [2.05, 4.69) is 5.32 Å². The Balaban J connectivity index is 2.59. The summed E-state index contributed by atoms with van der Waals surface area (Å²) in [6.45, 7) is 1.47. The van der Waals surface area contributed by atoms with Gasteiger partial charge in [0.1, 0.15) is 0 Å². The maximum Gasteiger partial charge on any atom is 0.391 e. The second-order valence-corrected chi connectivity index (χ2v) is 3.75. The van der Waals surface area contributed by atoms with Crippen molar-refractivity contribution in [2.24, 2.45) is 0 Å². The molecule has 0 amide bonds. The molecule has 1 aromatic carbocycles. The van der Waals surface area contributed by atoms with E-state index >= 15 is 0 Å². The van der Waals surface area contributed by atoms with Gasteiger partial charge in [-0.3, -0.25) is 0 Å². The van der Waals surface area contributed by atoms with Crippen molar-refractivity contribution in [3.05, 3.63) is 29.3 Å². The molecule has 1 unspecified atom stereocenters. The minimum absolute atomic E-state index is 0.423. The van der Waals surface area contributed by atoms with Crippen LogP contribution >= 0.6 is 11.6 Å². The molecule has 0 spiro atoms. The molecular weight excluding hydrogens is 227 g/mol. The Morgan fingerprint density at radius 2 is 1.93 bits per heavy atom. The number of alkyl halides is 3. The van der Waals surface area contributed by atoms with Gasteiger partial charge in [0.2, 0.25) is 0 Å². The quantitative estimate of drug-likeness (QED) is 0.835. The Hall–Kier alpha value is -0.900. The van der Waals surface area contributed by atoms with Gasteiger partial charge in [-0.25, -0.2) is 0 Å². The molecule has 1 atom stereocenters. The van der Waals surface area contributed by atoms with Crippen LogP contribution in [0.4, 0.5) is 18.9 Å². The standard InChI is InChI=1S/C10H11ClF3N/c1-7(6-10(12,13)14)15-9-5-3-2-4-8(9)11/h2-5,7,15H,6H2,1H3. The molecule has 0 aliphatic carbocycles. The molecule has 84 valence electrons. The van der Waals surface area contributed by atoms with Crippen LogP contribution < -0.4 is 5.32 Å². The number of halogens is 4. The van der Waals surface area contributed by atoms with E-state index in [1.807, 2.05) is 0 Å². The molecule has 1 aromatic rings. The fraction of sp³-hybridized carbons (Fsp3) is 0.400. The molecule has 0 radical (unpaired) electrons. The molecule has 0 aliphatic heterocycles. The Labute approximate surface area is 91.2 Å². The zero-order chi connectivity index (χ0) is 11.5. The van der Waals surface area contributed by atoms with Gasteiger partial charge in [0.15, 0.2) is 0 Å². The van der Waals surface area contributed by atoms with Crippen LogP contribution in [-0.4, -0.2) is 12.2 Å². The molecule has 0 aromatic heterocycles. The third kappa shape index (κ3) is 4.42. The molecule has 1 rings (SSSR count). The van der Waals surface area contributed by atoms with E-state index in [1.165, 1.54) is 6.92 Å². The Morgan fingerprint density at radius 3 is 2.47 bits per heavy atom. The van der Waals surface area contributed by atoms with E-state index < -0.39 is 18.6 Å². The number of rotatable bonds is 3. The Bertz CT molecular complexity index is 325. The molecule has 5 heteroatoms. The average molecular weight is 238 g/mol. The van der Waals surface area contributed by atoms with Gasteiger partial charge in [0.25, 0.3) is 0 Å². The second-order valence-electron chi connectivity index (χ2n) is 3.34. The number of hydrogen-bond donors (Lipinski definition) is 1. The smallest absolute Gasteiger partial charge is 0.381 e. The van der Waals surface area contributed by atoms with E-state index in [9.17, 15) is 13.2 Å². The summed E-state index contributed by atoms with van der Waals surface area (Å²) in [5, 5.41) is 3.14. The van der Waals surface area contributed by atoms with Crippen LogP contribution in [0, 0.1) is 0 Å². The number of nitrogens with one attached hydrogen (secondary N) is 1. The maximum absolute atomic E-state index is 12.0. The predicted octanol–water partition coefficient (Wildman–Crippen LogP) is 4.09. The molecule has 1 N–H and O–H groups in total. The van der Waals surface area contributed by atoms with Crippen LogP contribution in [0.15, 0.2) is 24.3 Å². The third-order valence-corrected chi connectivity index (χ3v) is 2.14. The zero-order valence-electron chi connectivity index (χ0n) is 8.11. The number of benzene rings is 1. The van der Waals surface area contributed by atoms with Gasteiger partial charge < -0.3 is 5.32 Å². The lowest BCUT2D eigenvalue weighted by Crippen LogP contribution is -2.23. The van der Waals surface area contributed by atoms with Crippen LogP contribution in [-0.2, 0) is 0 Å². The van der Waals surface area contributed by atoms with Crippen LogP contribution in [0.1, 0.15) is 13.3 Å².